The summed E-state index contributed by atoms with van der Waals surface area (Å²) in [7, 11) is -1.17. The third-order valence-corrected chi connectivity index (χ3v) is 4.32. The molecule has 1 aromatic carbocycles. The van der Waals surface area contributed by atoms with Crippen molar-refractivity contribution >= 4 is 16.7 Å². The summed E-state index contributed by atoms with van der Waals surface area (Å²) in [5.41, 5.74) is 2.16. The normalized spacial score (nSPS) is 13.9. The van der Waals surface area contributed by atoms with E-state index in [0.29, 0.717) is 12.3 Å². The van der Waals surface area contributed by atoms with Crippen LogP contribution in [-0.2, 0) is 21.3 Å². The van der Waals surface area contributed by atoms with E-state index in [-0.39, 0.29) is 5.91 Å². The lowest BCUT2D eigenvalue weighted by molar-refractivity contribution is -0.120. The van der Waals surface area contributed by atoms with Crippen molar-refractivity contribution in [3.8, 4) is 0 Å². The average molecular weight is 267 g/mol. The molecule has 0 heterocycles. The van der Waals surface area contributed by atoms with Crippen molar-refractivity contribution in [3.63, 3.8) is 0 Å². The Morgan fingerprint density at radius 2 is 2.17 bits per heavy atom. The number of hydrogen-bond acceptors (Lipinski definition) is 2. The van der Waals surface area contributed by atoms with Gasteiger partial charge in [-0.25, -0.2) is 0 Å². The molecule has 100 valence electrons. The Hall–Kier alpha value is -1.16. The number of rotatable bonds is 6. The summed E-state index contributed by atoms with van der Waals surface area (Å²) in [5.74, 6) is 0.311. The lowest BCUT2D eigenvalue weighted by Gasteiger charge is -2.12. The molecule has 0 fully saturated rings. The Kier molecular flexibility index (Phi) is 6.05. The van der Waals surface area contributed by atoms with E-state index in [1.807, 2.05) is 38.1 Å². The van der Waals surface area contributed by atoms with Crippen molar-refractivity contribution in [2.45, 2.75) is 38.2 Å². The first kappa shape index (κ1) is 14.9. The highest BCUT2D eigenvalue weighted by Gasteiger charge is 2.19. The van der Waals surface area contributed by atoms with E-state index in [4.69, 9.17) is 0 Å². The van der Waals surface area contributed by atoms with E-state index in [0.717, 1.165) is 17.5 Å². The van der Waals surface area contributed by atoms with Gasteiger partial charge in [-0.1, -0.05) is 36.8 Å². The van der Waals surface area contributed by atoms with Gasteiger partial charge >= 0.3 is 0 Å². The average Bonchev–Trinajstić information content (AvgIpc) is 2.35. The maximum atomic E-state index is 12.1. The minimum absolute atomic E-state index is 0.122. The predicted molar refractivity (Wildman–Crippen MR) is 75.8 cm³/mol. The number of carbonyl (C=O) groups excluding carboxylic acids is 1. The fraction of sp³-hybridized carbons (Fsp3) is 0.500. The first-order valence-electron chi connectivity index (χ1n) is 6.25. The van der Waals surface area contributed by atoms with E-state index in [1.165, 1.54) is 0 Å². The molecule has 0 unspecified atom stereocenters. The minimum Gasteiger partial charge on any atom is -0.355 e. The van der Waals surface area contributed by atoms with Crippen LogP contribution in [0.1, 0.15) is 31.4 Å². The van der Waals surface area contributed by atoms with Crippen LogP contribution >= 0.6 is 0 Å². The van der Waals surface area contributed by atoms with Crippen molar-refractivity contribution in [3.05, 3.63) is 35.4 Å². The molecule has 3 nitrogen and oxygen atoms in total. The van der Waals surface area contributed by atoms with Gasteiger partial charge in [-0.2, -0.15) is 0 Å². The highest BCUT2D eigenvalue weighted by atomic mass is 32.2. The molecule has 2 atom stereocenters. The lowest BCUT2D eigenvalue weighted by Crippen LogP contribution is -2.36. The van der Waals surface area contributed by atoms with Crippen molar-refractivity contribution in [1.82, 2.24) is 5.32 Å². The maximum absolute atomic E-state index is 12.1. The quantitative estimate of drug-likeness (QED) is 0.858. The van der Waals surface area contributed by atoms with E-state index in [9.17, 15) is 9.00 Å². The van der Waals surface area contributed by atoms with Gasteiger partial charge < -0.3 is 5.32 Å². The van der Waals surface area contributed by atoms with Crippen LogP contribution in [-0.4, -0.2) is 21.9 Å². The molecular weight excluding hydrogens is 246 g/mol. The van der Waals surface area contributed by atoms with E-state index >= 15 is 0 Å². The first-order chi connectivity index (χ1) is 8.54. The van der Waals surface area contributed by atoms with Gasteiger partial charge in [0.2, 0.25) is 5.91 Å². The zero-order chi connectivity index (χ0) is 13.5. The molecule has 0 spiro atoms. The molecule has 0 aliphatic carbocycles. The standard InChI is InChI=1S/C14H21NO2S/c1-4-8-15-14(16)12(3)18(17)10-13-7-5-6-11(2)9-13/h5-7,9,12H,4,8,10H2,1-3H3,(H,15,16)/t12-,18-/m0/s1. The third-order valence-electron chi connectivity index (χ3n) is 2.70. The highest BCUT2D eigenvalue weighted by molar-refractivity contribution is 7.85. The first-order valence-corrected chi connectivity index (χ1v) is 7.63. The molecule has 0 saturated heterocycles. The Balaban J connectivity index is 2.57. The topological polar surface area (TPSA) is 46.2 Å². The summed E-state index contributed by atoms with van der Waals surface area (Å²) in [6.45, 7) is 6.36. The highest BCUT2D eigenvalue weighted by Crippen LogP contribution is 2.09. The number of carbonyl (C=O) groups is 1. The fourth-order valence-corrected chi connectivity index (χ4v) is 2.68. The number of aryl methyl sites for hydroxylation is 1. The third kappa shape index (κ3) is 4.61. The molecule has 1 amide bonds. The summed E-state index contributed by atoms with van der Waals surface area (Å²) >= 11 is 0. The second-order valence-corrected chi connectivity index (χ2v) is 6.20. The Bertz CT molecular complexity index is 432. The molecule has 0 aliphatic heterocycles. The smallest absolute Gasteiger partial charge is 0.235 e. The van der Waals surface area contributed by atoms with Crippen LogP contribution in [0, 0.1) is 6.92 Å². The maximum Gasteiger partial charge on any atom is 0.235 e. The number of benzene rings is 1. The van der Waals surface area contributed by atoms with Crippen LogP contribution in [0.3, 0.4) is 0 Å². The Labute approximate surface area is 111 Å². The van der Waals surface area contributed by atoms with Crippen LogP contribution in [0.15, 0.2) is 24.3 Å². The number of hydrogen-bond donors (Lipinski definition) is 1. The minimum atomic E-state index is -1.17. The van der Waals surface area contributed by atoms with Crippen LogP contribution in [0.5, 0.6) is 0 Å². The van der Waals surface area contributed by atoms with Gasteiger partial charge in [0.25, 0.3) is 0 Å². The van der Waals surface area contributed by atoms with Crippen molar-refractivity contribution in [2.75, 3.05) is 6.54 Å². The summed E-state index contributed by atoms with van der Waals surface area (Å²) in [4.78, 5) is 11.7. The van der Waals surface area contributed by atoms with Crippen molar-refractivity contribution in [2.24, 2.45) is 0 Å². The van der Waals surface area contributed by atoms with E-state index in [2.05, 4.69) is 5.32 Å². The molecular formula is C14H21NO2S. The van der Waals surface area contributed by atoms with Crippen molar-refractivity contribution < 1.29 is 9.00 Å². The lowest BCUT2D eigenvalue weighted by atomic mass is 10.2. The van der Waals surface area contributed by atoms with Gasteiger partial charge in [0.15, 0.2) is 0 Å². The van der Waals surface area contributed by atoms with Crippen molar-refractivity contribution in [1.29, 1.82) is 0 Å². The summed E-state index contributed by atoms with van der Waals surface area (Å²) in [5, 5.41) is 2.32. The molecule has 4 heteroatoms. The van der Waals surface area contributed by atoms with Gasteiger partial charge in [-0.15, -0.1) is 0 Å². The molecule has 0 bridgehead atoms. The van der Waals surface area contributed by atoms with Gasteiger partial charge in [0, 0.05) is 23.1 Å². The molecule has 1 rings (SSSR count). The Morgan fingerprint density at radius 3 is 2.78 bits per heavy atom. The Morgan fingerprint density at radius 1 is 1.44 bits per heavy atom. The second-order valence-electron chi connectivity index (χ2n) is 4.45. The van der Waals surface area contributed by atoms with Crippen LogP contribution < -0.4 is 5.32 Å². The SMILES string of the molecule is CCCNC(=O)[C@H](C)[S@@](=O)Cc1cccc(C)c1. The second kappa shape index (κ2) is 7.31. The predicted octanol–water partition coefficient (Wildman–Crippen LogP) is 2.16. The largest absolute Gasteiger partial charge is 0.355 e. The summed E-state index contributed by atoms with van der Waals surface area (Å²) in [6, 6.07) is 7.91. The molecule has 1 aromatic rings. The van der Waals surface area contributed by atoms with Gasteiger partial charge in [-0.3, -0.25) is 9.00 Å². The van der Waals surface area contributed by atoms with E-state index < -0.39 is 16.0 Å². The summed E-state index contributed by atoms with van der Waals surface area (Å²) in [6.07, 6.45) is 0.892. The number of nitrogens with one attached hydrogen (secondary N) is 1. The zero-order valence-electron chi connectivity index (χ0n) is 11.2. The summed E-state index contributed by atoms with van der Waals surface area (Å²) < 4.78 is 12.1. The van der Waals surface area contributed by atoms with Gasteiger partial charge in [0.05, 0.1) is 0 Å². The molecule has 0 aliphatic rings. The van der Waals surface area contributed by atoms with Crippen LogP contribution in [0.2, 0.25) is 0 Å². The van der Waals surface area contributed by atoms with Gasteiger partial charge in [-0.05, 0) is 25.8 Å². The van der Waals surface area contributed by atoms with Crippen LogP contribution in [0.4, 0.5) is 0 Å². The molecule has 0 saturated carbocycles. The van der Waals surface area contributed by atoms with E-state index in [1.54, 1.807) is 6.92 Å². The molecule has 0 radical (unpaired) electrons. The zero-order valence-corrected chi connectivity index (χ0v) is 12.0. The molecule has 0 aromatic heterocycles. The molecule has 1 N–H and O–H groups in total. The fourth-order valence-electron chi connectivity index (χ4n) is 1.60. The number of amides is 1. The van der Waals surface area contributed by atoms with Gasteiger partial charge in [0.1, 0.15) is 5.25 Å². The monoisotopic (exact) mass is 267 g/mol. The van der Waals surface area contributed by atoms with Crippen LogP contribution in [0.25, 0.3) is 0 Å². The molecule has 18 heavy (non-hydrogen) atoms.